The fourth-order valence-corrected chi connectivity index (χ4v) is 4.34. The third kappa shape index (κ3) is 5.17. The van der Waals surface area contributed by atoms with Crippen molar-refractivity contribution in [3.63, 3.8) is 0 Å². The molecule has 5 nitrogen and oxygen atoms in total. The zero-order valence-electron chi connectivity index (χ0n) is 16.2. The van der Waals surface area contributed by atoms with Crippen LogP contribution in [0, 0.1) is 12.7 Å². The Hall–Kier alpha value is -2.90. The number of amides is 1. The number of aryl methyl sites for hydroxylation is 1. The molecule has 30 heavy (non-hydrogen) atoms. The van der Waals surface area contributed by atoms with Gasteiger partial charge in [0, 0.05) is 11.6 Å². The Morgan fingerprint density at radius 2 is 1.63 bits per heavy atom. The minimum absolute atomic E-state index is 0.0261. The van der Waals surface area contributed by atoms with Gasteiger partial charge < -0.3 is 5.32 Å². The number of hydrogen-bond donors (Lipinski definition) is 1. The van der Waals surface area contributed by atoms with Gasteiger partial charge in [-0.25, -0.2) is 12.8 Å². The molecule has 0 saturated carbocycles. The minimum atomic E-state index is -4.16. The van der Waals surface area contributed by atoms with Gasteiger partial charge in [-0.2, -0.15) is 0 Å². The number of carbonyl (C=O) groups excluding carboxylic acids is 1. The highest BCUT2D eigenvalue weighted by molar-refractivity contribution is 7.92. The number of nitrogens with one attached hydrogen (secondary N) is 1. The van der Waals surface area contributed by atoms with Crippen LogP contribution in [0.25, 0.3) is 0 Å². The van der Waals surface area contributed by atoms with E-state index in [2.05, 4.69) is 5.32 Å². The second-order valence-corrected chi connectivity index (χ2v) is 8.98. The van der Waals surface area contributed by atoms with Crippen LogP contribution in [0.3, 0.4) is 0 Å². The molecule has 1 N–H and O–H groups in total. The quantitative estimate of drug-likeness (QED) is 0.588. The molecule has 0 bridgehead atoms. The largest absolute Gasteiger partial charge is 0.350 e. The maximum Gasteiger partial charge on any atom is 0.264 e. The van der Waals surface area contributed by atoms with Gasteiger partial charge in [-0.05, 0) is 48.9 Å². The Kier molecular flexibility index (Phi) is 6.74. The van der Waals surface area contributed by atoms with E-state index >= 15 is 0 Å². The summed E-state index contributed by atoms with van der Waals surface area (Å²) in [6, 6.07) is 18.5. The van der Waals surface area contributed by atoms with E-state index in [1.807, 2.05) is 6.92 Å². The summed E-state index contributed by atoms with van der Waals surface area (Å²) in [5.41, 5.74) is 1.48. The number of sulfonamides is 1. The van der Waals surface area contributed by atoms with Gasteiger partial charge in [-0.1, -0.05) is 53.6 Å². The monoisotopic (exact) mass is 446 g/mol. The van der Waals surface area contributed by atoms with Crippen LogP contribution < -0.4 is 9.62 Å². The maximum atomic E-state index is 14.4. The van der Waals surface area contributed by atoms with Crippen LogP contribution in [-0.2, 0) is 21.4 Å². The lowest BCUT2D eigenvalue weighted by atomic mass is 10.2. The lowest BCUT2D eigenvalue weighted by Gasteiger charge is -2.24. The van der Waals surface area contributed by atoms with Crippen molar-refractivity contribution < 1.29 is 17.6 Å². The van der Waals surface area contributed by atoms with E-state index in [1.165, 1.54) is 30.3 Å². The number of nitrogens with zero attached hydrogens (tertiary/aromatic N) is 1. The molecule has 3 aromatic carbocycles. The summed E-state index contributed by atoms with van der Waals surface area (Å²) in [6.07, 6.45) is 0. The normalized spacial score (nSPS) is 11.2. The van der Waals surface area contributed by atoms with E-state index in [-0.39, 0.29) is 17.1 Å². The first-order chi connectivity index (χ1) is 14.3. The average molecular weight is 447 g/mol. The second kappa shape index (κ2) is 9.28. The molecule has 0 atom stereocenters. The van der Waals surface area contributed by atoms with Gasteiger partial charge in [0.05, 0.1) is 10.6 Å². The zero-order valence-corrected chi connectivity index (χ0v) is 17.8. The molecule has 0 aliphatic rings. The Balaban J connectivity index is 1.86. The van der Waals surface area contributed by atoms with Crippen molar-refractivity contribution in [2.45, 2.75) is 18.4 Å². The van der Waals surface area contributed by atoms with Crippen molar-refractivity contribution in [2.24, 2.45) is 0 Å². The van der Waals surface area contributed by atoms with Crippen molar-refractivity contribution in [1.29, 1.82) is 0 Å². The Morgan fingerprint density at radius 3 is 2.27 bits per heavy atom. The lowest BCUT2D eigenvalue weighted by Crippen LogP contribution is -2.41. The van der Waals surface area contributed by atoms with Gasteiger partial charge in [-0.3, -0.25) is 9.10 Å². The first kappa shape index (κ1) is 21.8. The third-order valence-electron chi connectivity index (χ3n) is 4.42. The molecule has 0 aliphatic heterocycles. The Bertz CT molecular complexity index is 1130. The van der Waals surface area contributed by atoms with E-state index in [0.29, 0.717) is 5.02 Å². The molecule has 156 valence electrons. The number of para-hydroxylation sites is 1. The van der Waals surface area contributed by atoms with Crippen molar-refractivity contribution in [1.82, 2.24) is 5.32 Å². The summed E-state index contributed by atoms with van der Waals surface area (Å²) in [5.74, 6) is -1.30. The Morgan fingerprint density at radius 1 is 1.00 bits per heavy atom. The van der Waals surface area contributed by atoms with Gasteiger partial charge >= 0.3 is 0 Å². The summed E-state index contributed by atoms with van der Waals surface area (Å²) < 4.78 is 41.6. The van der Waals surface area contributed by atoms with E-state index in [1.54, 1.807) is 36.4 Å². The fourth-order valence-electron chi connectivity index (χ4n) is 2.78. The predicted octanol–water partition coefficient (Wildman–Crippen LogP) is 4.30. The van der Waals surface area contributed by atoms with Crippen LogP contribution >= 0.6 is 11.6 Å². The molecule has 3 rings (SSSR count). The summed E-state index contributed by atoms with van der Waals surface area (Å²) in [5, 5.41) is 3.23. The highest BCUT2D eigenvalue weighted by Crippen LogP contribution is 2.26. The number of hydrogen-bond acceptors (Lipinski definition) is 3. The molecule has 0 saturated heterocycles. The van der Waals surface area contributed by atoms with Crippen molar-refractivity contribution in [3.05, 3.63) is 94.8 Å². The van der Waals surface area contributed by atoms with E-state index in [4.69, 9.17) is 11.6 Å². The van der Waals surface area contributed by atoms with Crippen LogP contribution in [-0.4, -0.2) is 20.9 Å². The zero-order chi connectivity index (χ0) is 21.7. The van der Waals surface area contributed by atoms with E-state index < -0.39 is 28.3 Å². The van der Waals surface area contributed by atoms with E-state index in [9.17, 15) is 17.6 Å². The Labute approximate surface area is 180 Å². The van der Waals surface area contributed by atoms with Crippen molar-refractivity contribution in [3.8, 4) is 0 Å². The number of anilines is 1. The molecular weight excluding hydrogens is 427 g/mol. The van der Waals surface area contributed by atoms with Crippen LogP contribution in [0.15, 0.2) is 77.7 Å². The smallest absolute Gasteiger partial charge is 0.264 e. The molecule has 0 unspecified atom stereocenters. The predicted molar refractivity (Wildman–Crippen MR) is 115 cm³/mol. The summed E-state index contributed by atoms with van der Waals surface area (Å²) in [4.78, 5) is 12.5. The number of benzene rings is 3. The minimum Gasteiger partial charge on any atom is -0.350 e. The molecule has 0 aromatic heterocycles. The molecule has 0 aliphatic carbocycles. The first-order valence-corrected chi connectivity index (χ1v) is 10.9. The number of rotatable bonds is 7. The van der Waals surface area contributed by atoms with Crippen LogP contribution in [0.2, 0.25) is 5.02 Å². The highest BCUT2D eigenvalue weighted by Gasteiger charge is 2.29. The van der Waals surface area contributed by atoms with E-state index in [0.717, 1.165) is 21.5 Å². The summed E-state index contributed by atoms with van der Waals surface area (Å²) >= 11 is 5.85. The topological polar surface area (TPSA) is 66.5 Å². The van der Waals surface area contributed by atoms with Gasteiger partial charge in [0.15, 0.2) is 0 Å². The fraction of sp³-hybridized carbons (Fsp3) is 0.136. The van der Waals surface area contributed by atoms with Gasteiger partial charge in [-0.15, -0.1) is 0 Å². The molecule has 0 fully saturated rings. The van der Waals surface area contributed by atoms with Crippen molar-refractivity contribution in [2.75, 3.05) is 10.8 Å². The maximum absolute atomic E-state index is 14.4. The van der Waals surface area contributed by atoms with Crippen LogP contribution in [0.1, 0.15) is 11.1 Å². The average Bonchev–Trinajstić information content (AvgIpc) is 2.72. The lowest BCUT2D eigenvalue weighted by molar-refractivity contribution is -0.119. The third-order valence-corrected chi connectivity index (χ3v) is 6.45. The van der Waals surface area contributed by atoms with Gasteiger partial charge in [0.1, 0.15) is 12.4 Å². The highest BCUT2D eigenvalue weighted by atomic mass is 35.5. The molecular formula is C22H20ClFN2O3S. The van der Waals surface area contributed by atoms with Crippen molar-refractivity contribution >= 4 is 33.2 Å². The van der Waals surface area contributed by atoms with Gasteiger partial charge in [0.2, 0.25) is 5.91 Å². The molecule has 0 heterocycles. The second-order valence-electron chi connectivity index (χ2n) is 6.68. The first-order valence-electron chi connectivity index (χ1n) is 9.12. The van der Waals surface area contributed by atoms with Crippen LogP contribution in [0.5, 0.6) is 0 Å². The standard InChI is InChI=1S/C22H20ClFN2O3S/c1-16-6-12-19(13-7-16)30(28,29)26(21-5-3-2-4-20(21)24)15-22(27)25-14-17-8-10-18(23)11-9-17/h2-13H,14-15H2,1H3,(H,25,27). The summed E-state index contributed by atoms with van der Waals surface area (Å²) in [7, 11) is -4.16. The SMILES string of the molecule is Cc1ccc(S(=O)(=O)N(CC(=O)NCc2ccc(Cl)cc2)c2ccccc2F)cc1. The van der Waals surface area contributed by atoms with Crippen LogP contribution in [0.4, 0.5) is 10.1 Å². The molecule has 1 amide bonds. The summed E-state index contributed by atoms with van der Waals surface area (Å²) in [6.45, 7) is 1.45. The van der Waals surface area contributed by atoms with Gasteiger partial charge in [0.25, 0.3) is 10.0 Å². The molecule has 0 spiro atoms. The number of carbonyl (C=O) groups is 1. The number of halogens is 2. The molecule has 3 aromatic rings. The molecule has 8 heteroatoms. The molecule has 0 radical (unpaired) electrons.